The molecule has 1 aromatic heterocycles. The molecule has 0 spiro atoms. The van der Waals surface area contributed by atoms with Crippen LogP contribution < -0.4 is 10.1 Å². The summed E-state index contributed by atoms with van der Waals surface area (Å²) in [5.41, 5.74) is 1.82. The normalized spacial score (nSPS) is 22.1. The molecule has 2 aliphatic rings. The Morgan fingerprint density at radius 1 is 1.32 bits per heavy atom. The van der Waals surface area contributed by atoms with E-state index in [1.807, 2.05) is 0 Å². The Labute approximate surface area is 178 Å². The SMILES string of the molecule is COc1ccc(F)cc1CN(C)C(=O)C1=NCc2ncnc(N[C@@H]3CC[C@@H](O)[C@H]3O)c21. The predicted molar refractivity (Wildman–Crippen MR) is 110 cm³/mol. The maximum atomic E-state index is 13.7. The maximum Gasteiger partial charge on any atom is 0.272 e. The van der Waals surface area contributed by atoms with Crippen LogP contribution in [0.3, 0.4) is 0 Å². The van der Waals surface area contributed by atoms with Crippen molar-refractivity contribution in [1.29, 1.82) is 0 Å². The molecule has 1 fully saturated rings. The van der Waals surface area contributed by atoms with Crippen molar-refractivity contribution in [2.24, 2.45) is 4.99 Å². The number of amides is 1. The first-order valence-electron chi connectivity index (χ1n) is 9.98. The highest BCUT2D eigenvalue weighted by Gasteiger charge is 2.36. The molecule has 10 heteroatoms. The van der Waals surface area contributed by atoms with Crippen LogP contribution in [-0.4, -0.2) is 69.1 Å². The van der Waals surface area contributed by atoms with E-state index in [2.05, 4.69) is 20.3 Å². The Kier molecular flexibility index (Phi) is 5.84. The smallest absolute Gasteiger partial charge is 0.272 e. The number of hydrogen-bond acceptors (Lipinski definition) is 8. The Morgan fingerprint density at radius 2 is 2.13 bits per heavy atom. The number of rotatable bonds is 6. The first-order chi connectivity index (χ1) is 14.9. The predicted octanol–water partition coefficient (Wildman–Crippen LogP) is 0.882. The van der Waals surface area contributed by atoms with Gasteiger partial charge in [-0.1, -0.05) is 0 Å². The molecular weight excluding hydrogens is 405 g/mol. The molecule has 2 heterocycles. The third kappa shape index (κ3) is 4.08. The van der Waals surface area contributed by atoms with E-state index in [4.69, 9.17) is 4.74 Å². The molecule has 0 bridgehead atoms. The molecular formula is C21H24FN5O4. The third-order valence-electron chi connectivity index (χ3n) is 5.65. The van der Waals surface area contributed by atoms with Crippen LogP contribution in [0.15, 0.2) is 29.5 Å². The molecule has 1 aliphatic heterocycles. The van der Waals surface area contributed by atoms with Crippen molar-refractivity contribution < 1.29 is 24.1 Å². The van der Waals surface area contributed by atoms with E-state index >= 15 is 0 Å². The highest BCUT2D eigenvalue weighted by atomic mass is 19.1. The number of fused-ring (bicyclic) bond motifs is 1. The van der Waals surface area contributed by atoms with Crippen LogP contribution in [0.4, 0.5) is 10.2 Å². The number of methoxy groups -OCH3 is 1. The van der Waals surface area contributed by atoms with Gasteiger partial charge in [0.15, 0.2) is 0 Å². The number of ether oxygens (including phenoxy) is 1. The van der Waals surface area contributed by atoms with Crippen LogP contribution in [0, 0.1) is 5.82 Å². The van der Waals surface area contributed by atoms with Crippen molar-refractivity contribution in [3.63, 3.8) is 0 Å². The topological polar surface area (TPSA) is 120 Å². The van der Waals surface area contributed by atoms with Crippen molar-refractivity contribution in [3.8, 4) is 5.75 Å². The Bertz CT molecular complexity index is 1030. The number of likely N-dealkylation sites (N-methyl/N-ethyl adjacent to an activating group) is 1. The lowest BCUT2D eigenvalue weighted by Gasteiger charge is -2.22. The molecule has 0 radical (unpaired) electrons. The van der Waals surface area contributed by atoms with E-state index in [0.29, 0.717) is 41.2 Å². The Balaban J connectivity index is 1.56. The van der Waals surface area contributed by atoms with Crippen molar-refractivity contribution in [3.05, 3.63) is 47.2 Å². The molecule has 164 valence electrons. The van der Waals surface area contributed by atoms with Gasteiger partial charge in [0, 0.05) is 19.2 Å². The van der Waals surface area contributed by atoms with Crippen LogP contribution in [0.25, 0.3) is 0 Å². The second-order valence-corrected chi connectivity index (χ2v) is 7.71. The fourth-order valence-electron chi connectivity index (χ4n) is 3.98. The van der Waals surface area contributed by atoms with Crippen LogP contribution in [0.1, 0.15) is 29.7 Å². The van der Waals surface area contributed by atoms with Gasteiger partial charge >= 0.3 is 0 Å². The van der Waals surface area contributed by atoms with Gasteiger partial charge in [-0.05, 0) is 31.0 Å². The molecule has 1 aromatic carbocycles. The number of aromatic nitrogens is 2. The number of aliphatic imine (C=N–C) groups is 1. The lowest BCUT2D eigenvalue weighted by atomic mass is 10.1. The molecule has 0 unspecified atom stereocenters. The number of hydrogen-bond donors (Lipinski definition) is 3. The van der Waals surface area contributed by atoms with Crippen molar-refractivity contribution in [2.45, 2.75) is 44.2 Å². The van der Waals surface area contributed by atoms with Gasteiger partial charge < -0.3 is 25.2 Å². The van der Waals surface area contributed by atoms with Gasteiger partial charge in [0.2, 0.25) is 0 Å². The largest absolute Gasteiger partial charge is 0.496 e. The number of anilines is 1. The van der Waals surface area contributed by atoms with Crippen LogP contribution >= 0.6 is 0 Å². The molecule has 31 heavy (non-hydrogen) atoms. The molecule has 3 N–H and O–H groups in total. The van der Waals surface area contributed by atoms with Gasteiger partial charge in [-0.25, -0.2) is 14.4 Å². The second-order valence-electron chi connectivity index (χ2n) is 7.71. The van der Waals surface area contributed by atoms with Gasteiger partial charge in [0.1, 0.15) is 29.4 Å². The number of nitrogens with one attached hydrogen (secondary N) is 1. The minimum Gasteiger partial charge on any atom is -0.496 e. The lowest BCUT2D eigenvalue weighted by molar-refractivity contribution is -0.123. The minimum atomic E-state index is -0.925. The summed E-state index contributed by atoms with van der Waals surface area (Å²) >= 11 is 0. The zero-order valence-corrected chi connectivity index (χ0v) is 17.2. The monoisotopic (exact) mass is 429 g/mol. The van der Waals surface area contributed by atoms with Crippen molar-refractivity contribution >= 4 is 17.4 Å². The quantitative estimate of drug-likeness (QED) is 0.624. The van der Waals surface area contributed by atoms with Gasteiger partial charge in [-0.2, -0.15) is 0 Å². The third-order valence-corrected chi connectivity index (χ3v) is 5.65. The summed E-state index contributed by atoms with van der Waals surface area (Å²) in [7, 11) is 3.08. The highest BCUT2D eigenvalue weighted by Crippen LogP contribution is 2.29. The number of aliphatic hydroxyl groups excluding tert-OH is 2. The minimum absolute atomic E-state index is 0.123. The van der Waals surface area contributed by atoms with E-state index in [1.165, 1.54) is 36.5 Å². The summed E-state index contributed by atoms with van der Waals surface area (Å²) in [6.45, 7) is 0.360. The molecule has 0 saturated heterocycles. The van der Waals surface area contributed by atoms with Crippen LogP contribution in [0.2, 0.25) is 0 Å². The summed E-state index contributed by atoms with van der Waals surface area (Å²) in [6, 6.07) is 3.75. The van der Waals surface area contributed by atoms with E-state index < -0.39 is 18.0 Å². The Hall–Kier alpha value is -3.11. The zero-order valence-electron chi connectivity index (χ0n) is 17.2. The lowest BCUT2D eigenvalue weighted by Crippen LogP contribution is -2.36. The average molecular weight is 429 g/mol. The summed E-state index contributed by atoms with van der Waals surface area (Å²) in [5, 5.41) is 23.1. The molecule has 1 aliphatic carbocycles. The first-order valence-corrected chi connectivity index (χ1v) is 9.98. The number of halogens is 1. The second kappa shape index (κ2) is 8.56. The molecule has 1 saturated carbocycles. The van der Waals surface area contributed by atoms with Crippen molar-refractivity contribution in [1.82, 2.24) is 14.9 Å². The van der Waals surface area contributed by atoms with Crippen molar-refractivity contribution in [2.75, 3.05) is 19.5 Å². The standard InChI is InChI=1S/C21H24FN5O4/c1-27(9-11-7-12(22)3-6-16(11)31-2)21(30)18-17-14(8-23-18)24-10-25-20(17)26-13-4-5-15(28)19(13)29/h3,6-7,10,13,15,19,28-29H,4-5,8-9H2,1-2H3,(H,24,25,26)/t13-,15-,19+/m1/s1. The van der Waals surface area contributed by atoms with Gasteiger partial charge in [-0.15, -0.1) is 0 Å². The highest BCUT2D eigenvalue weighted by molar-refractivity contribution is 6.47. The summed E-state index contributed by atoms with van der Waals surface area (Å²) < 4.78 is 19.0. The maximum absolute atomic E-state index is 13.7. The summed E-state index contributed by atoms with van der Waals surface area (Å²) in [5.74, 6) is 0.0890. The van der Waals surface area contributed by atoms with Gasteiger partial charge in [0.05, 0.1) is 43.2 Å². The number of aliphatic hydroxyl groups is 2. The Morgan fingerprint density at radius 3 is 2.84 bits per heavy atom. The fourth-order valence-corrected chi connectivity index (χ4v) is 3.98. The van der Waals surface area contributed by atoms with E-state index in [1.54, 1.807) is 7.05 Å². The molecule has 1 amide bonds. The number of nitrogens with zero attached hydrogens (tertiary/aromatic N) is 4. The van der Waals surface area contributed by atoms with Crippen LogP contribution in [0.5, 0.6) is 5.75 Å². The van der Waals surface area contributed by atoms with E-state index in [0.717, 1.165) is 0 Å². The molecule has 9 nitrogen and oxygen atoms in total. The molecule has 3 atom stereocenters. The molecule has 4 rings (SSSR count). The number of carbonyl (C=O) groups is 1. The summed E-state index contributed by atoms with van der Waals surface area (Å²) in [6.07, 6.45) is 0.703. The van der Waals surface area contributed by atoms with Gasteiger partial charge in [-0.3, -0.25) is 9.79 Å². The van der Waals surface area contributed by atoms with Gasteiger partial charge in [0.25, 0.3) is 5.91 Å². The van der Waals surface area contributed by atoms with E-state index in [-0.39, 0.29) is 30.8 Å². The zero-order chi connectivity index (χ0) is 22.1. The summed E-state index contributed by atoms with van der Waals surface area (Å²) in [4.78, 5) is 27.5. The van der Waals surface area contributed by atoms with Crippen LogP contribution in [-0.2, 0) is 17.9 Å². The first kappa shape index (κ1) is 21.1. The number of benzene rings is 1. The fraction of sp³-hybridized carbons (Fsp3) is 0.429. The average Bonchev–Trinajstić information content (AvgIpc) is 3.33. The molecule has 2 aromatic rings. The number of carbonyl (C=O) groups excluding carboxylic acids is 1. The van der Waals surface area contributed by atoms with E-state index in [9.17, 15) is 19.4 Å².